The predicted molar refractivity (Wildman–Crippen MR) is 238 cm³/mol. The SMILES string of the molecule is CCCCC/C=C\C/C=C\CCCCCCCC(=O)OC(COCCCCCCCCCC/C=C\C/C=C\CCCCCC)COP(=O)(O)OCC[N+](C)(C)C. The van der Waals surface area contributed by atoms with Gasteiger partial charge in [-0.25, -0.2) is 4.57 Å². The first-order chi connectivity index (χ1) is 27.1. The first-order valence-corrected chi connectivity index (χ1v) is 24.4. The van der Waals surface area contributed by atoms with E-state index in [-0.39, 0.29) is 25.8 Å². The van der Waals surface area contributed by atoms with Crippen LogP contribution in [0.1, 0.15) is 187 Å². The molecule has 0 saturated carbocycles. The molecule has 56 heavy (non-hydrogen) atoms. The van der Waals surface area contributed by atoms with E-state index in [1.807, 2.05) is 21.1 Å². The summed E-state index contributed by atoms with van der Waals surface area (Å²) in [6.45, 7) is 5.55. The lowest BCUT2D eigenvalue weighted by Crippen LogP contribution is -2.37. The second-order valence-electron chi connectivity index (χ2n) is 16.4. The zero-order valence-corrected chi connectivity index (χ0v) is 38.0. The molecule has 0 heterocycles. The van der Waals surface area contributed by atoms with Gasteiger partial charge in [-0.1, -0.05) is 152 Å². The minimum Gasteiger partial charge on any atom is -0.457 e. The molecule has 0 saturated heterocycles. The van der Waals surface area contributed by atoms with Gasteiger partial charge in [0.15, 0.2) is 0 Å². The molecule has 0 aliphatic carbocycles. The molecule has 0 fully saturated rings. The molecule has 328 valence electrons. The second kappa shape index (κ2) is 40.2. The molecule has 0 aromatic heterocycles. The highest BCUT2D eigenvalue weighted by molar-refractivity contribution is 7.47. The van der Waals surface area contributed by atoms with Gasteiger partial charge in [-0.2, -0.15) is 0 Å². The van der Waals surface area contributed by atoms with Crippen LogP contribution in [-0.4, -0.2) is 75.6 Å². The van der Waals surface area contributed by atoms with Crippen molar-refractivity contribution in [3.05, 3.63) is 48.6 Å². The molecule has 9 heteroatoms. The summed E-state index contributed by atoms with van der Waals surface area (Å²) in [7, 11) is 1.65. The lowest BCUT2D eigenvalue weighted by Gasteiger charge is -2.24. The third-order valence-corrected chi connectivity index (χ3v) is 10.6. The van der Waals surface area contributed by atoms with E-state index >= 15 is 0 Å². The normalized spacial score (nSPS) is 14.2. The summed E-state index contributed by atoms with van der Waals surface area (Å²) < 4.78 is 35.0. The molecule has 0 aliphatic rings. The first kappa shape index (κ1) is 54.5. The summed E-state index contributed by atoms with van der Waals surface area (Å²) >= 11 is 0. The third kappa shape index (κ3) is 43.6. The Morgan fingerprint density at radius 2 is 0.982 bits per heavy atom. The van der Waals surface area contributed by atoms with E-state index in [1.54, 1.807) is 0 Å². The van der Waals surface area contributed by atoms with E-state index in [4.69, 9.17) is 18.5 Å². The van der Waals surface area contributed by atoms with Crippen molar-refractivity contribution >= 4 is 13.8 Å². The summed E-state index contributed by atoms with van der Waals surface area (Å²) in [5.74, 6) is -0.330. The fraction of sp³-hybridized carbons (Fsp3) is 0.809. The van der Waals surface area contributed by atoms with Gasteiger partial charge in [0.2, 0.25) is 0 Å². The fourth-order valence-electron chi connectivity index (χ4n) is 6.02. The number of allylic oxidation sites excluding steroid dienone is 8. The van der Waals surface area contributed by atoms with Crippen LogP contribution < -0.4 is 0 Å². The van der Waals surface area contributed by atoms with Crippen molar-refractivity contribution < 1.29 is 37.3 Å². The summed E-state index contributed by atoms with van der Waals surface area (Å²) in [5.41, 5.74) is 0. The van der Waals surface area contributed by atoms with Crippen molar-refractivity contribution in [3.63, 3.8) is 0 Å². The number of hydrogen-bond acceptors (Lipinski definition) is 6. The number of carbonyl (C=O) groups excluding carboxylic acids is 1. The molecule has 8 nitrogen and oxygen atoms in total. The molecule has 0 amide bonds. The van der Waals surface area contributed by atoms with Gasteiger partial charge in [-0.15, -0.1) is 0 Å². The first-order valence-electron chi connectivity index (χ1n) is 22.9. The third-order valence-electron chi connectivity index (χ3n) is 9.61. The van der Waals surface area contributed by atoms with Gasteiger partial charge in [0.05, 0.1) is 34.4 Å². The highest BCUT2D eigenvalue weighted by Crippen LogP contribution is 2.43. The van der Waals surface area contributed by atoms with Crippen molar-refractivity contribution in [1.29, 1.82) is 0 Å². The summed E-state index contributed by atoms with van der Waals surface area (Å²) in [4.78, 5) is 22.9. The van der Waals surface area contributed by atoms with Crippen LogP contribution in [0.4, 0.5) is 0 Å². The number of hydrogen-bond donors (Lipinski definition) is 1. The van der Waals surface area contributed by atoms with Gasteiger partial charge in [0, 0.05) is 13.0 Å². The van der Waals surface area contributed by atoms with Crippen LogP contribution in [0.25, 0.3) is 0 Å². The van der Waals surface area contributed by atoms with Crippen LogP contribution in [0.5, 0.6) is 0 Å². The van der Waals surface area contributed by atoms with Crippen LogP contribution in [0.2, 0.25) is 0 Å². The quantitative estimate of drug-likeness (QED) is 0.0216. The average Bonchev–Trinajstić information content (AvgIpc) is 3.15. The largest absolute Gasteiger partial charge is 0.472 e. The highest BCUT2D eigenvalue weighted by atomic mass is 31.2. The number of rotatable bonds is 42. The molecule has 0 aliphatic heterocycles. The van der Waals surface area contributed by atoms with Crippen molar-refractivity contribution in [2.45, 2.75) is 193 Å². The van der Waals surface area contributed by atoms with Gasteiger partial charge < -0.3 is 18.9 Å². The summed E-state index contributed by atoms with van der Waals surface area (Å²) in [6.07, 6.45) is 48.5. The molecule has 0 radical (unpaired) electrons. The van der Waals surface area contributed by atoms with E-state index in [2.05, 4.69) is 62.5 Å². The van der Waals surface area contributed by atoms with Gasteiger partial charge in [0.1, 0.15) is 19.3 Å². The van der Waals surface area contributed by atoms with Crippen molar-refractivity contribution in [2.75, 3.05) is 54.1 Å². The number of nitrogens with zero attached hydrogens (tertiary/aromatic N) is 1. The molecule has 0 rings (SSSR count). The van der Waals surface area contributed by atoms with Crippen LogP contribution in [-0.2, 0) is 27.9 Å². The minimum absolute atomic E-state index is 0.0831. The van der Waals surface area contributed by atoms with E-state index in [0.29, 0.717) is 24.1 Å². The summed E-state index contributed by atoms with van der Waals surface area (Å²) in [5, 5.41) is 0. The Kier molecular flexibility index (Phi) is 39.1. The monoisotopic (exact) mass is 811 g/mol. The Labute approximate surface area is 346 Å². The van der Waals surface area contributed by atoms with E-state index in [1.165, 1.54) is 103 Å². The van der Waals surface area contributed by atoms with Crippen LogP contribution in [0.3, 0.4) is 0 Å². The van der Waals surface area contributed by atoms with Crippen molar-refractivity contribution in [1.82, 2.24) is 0 Å². The molecule has 0 spiro atoms. The zero-order valence-electron chi connectivity index (χ0n) is 37.1. The molecular weight excluding hydrogens is 721 g/mol. The molecule has 0 aromatic carbocycles. The Hall–Kier alpha value is -1.54. The number of esters is 1. The Morgan fingerprint density at radius 1 is 0.554 bits per heavy atom. The zero-order chi connectivity index (χ0) is 41.3. The lowest BCUT2D eigenvalue weighted by atomic mass is 10.1. The Balaban J connectivity index is 4.24. The maximum atomic E-state index is 12.7. The number of phosphoric acid groups is 1. The number of carbonyl (C=O) groups is 1. The fourth-order valence-corrected chi connectivity index (χ4v) is 6.77. The van der Waals surface area contributed by atoms with Crippen LogP contribution in [0, 0.1) is 0 Å². The summed E-state index contributed by atoms with van der Waals surface area (Å²) in [6, 6.07) is 0. The maximum Gasteiger partial charge on any atom is 0.472 e. The smallest absolute Gasteiger partial charge is 0.457 e. The Bertz CT molecular complexity index is 1040. The maximum absolute atomic E-state index is 12.7. The topological polar surface area (TPSA) is 91.3 Å². The number of likely N-dealkylation sites (N-methyl/N-ethyl adjacent to an activating group) is 1. The lowest BCUT2D eigenvalue weighted by molar-refractivity contribution is -0.870. The van der Waals surface area contributed by atoms with E-state index in [0.717, 1.165) is 64.2 Å². The molecule has 2 unspecified atom stereocenters. The molecule has 1 N–H and O–H groups in total. The minimum atomic E-state index is -4.28. The standard InChI is InChI=1S/C47H88NO7P/c1-6-8-10-12-14-16-18-20-22-23-24-25-27-29-31-33-35-37-39-42-52-44-46(45-54-56(50,51)53-43-41-48(3,4)5)55-47(49)40-38-36-34-32-30-28-26-21-19-17-15-13-11-9-7-2/h15-18,21-23,26,46H,6-14,19-20,24-25,27-45H2,1-5H3/p+1/b17-15-,18-16-,23-22-,26-21-. The molecule has 0 aromatic rings. The highest BCUT2D eigenvalue weighted by Gasteiger charge is 2.26. The second-order valence-corrected chi connectivity index (χ2v) is 17.9. The van der Waals surface area contributed by atoms with Crippen LogP contribution in [0.15, 0.2) is 48.6 Å². The number of ether oxygens (including phenoxy) is 2. The molecule has 0 bridgehead atoms. The van der Waals surface area contributed by atoms with Gasteiger partial charge >= 0.3 is 13.8 Å². The predicted octanol–water partition coefficient (Wildman–Crippen LogP) is 13.6. The Morgan fingerprint density at radius 3 is 1.48 bits per heavy atom. The van der Waals surface area contributed by atoms with Gasteiger partial charge in [-0.05, 0) is 77.0 Å². The number of unbranched alkanes of at least 4 members (excludes halogenated alkanes) is 20. The molecule has 2 atom stereocenters. The molecular formula is C47H89NO7P+. The van der Waals surface area contributed by atoms with Crippen molar-refractivity contribution in [2.24, 2.45) is 0 Å². The average molecular weight is 811 g/mol. The number of quaternary nitrogens is 1. The number of phosphoric ester groups is 1. The van der Waals surface area contributed by atoms with Gasteiger partial charge in [0.25, 0.3) is 0 Å². The van der Waals surface area contributed by atoms with E-state index in [9.17, 15) is 14.3 Å². The van der Waals surface area contributed by atoms with E-state index < -0.39 is 13.9 Å². The van der Waals surface area contributed by atoms with Gasteiger partial charge in [-0.3, -0.25) is 13.8 Å². The van der Waals surface area contributed by atoms with Crippen molar-refractivity contribution in [3.8, 4) is 0 Å². The van der Waals surface area contributed by atoms with Crippen LogP contribution >= 0.6 is 7.82 Å².